The van der Waals surface area contributed by atoms with Gasteiger partial charge in [0.1, 0.15) is 5.69 Å². The van der Waals surface area contributed by atoms with Gasteiger partial charge in [-0.2, -0.15) is 0 Å². The van der Waals surface area contributed by atoms with Gasteiger partial charge in [-0.1, -0.05) is 44.2 Å². The second kappa shape index (κ2) is 8.99. The van der Waals surface area contributed by atoms with Crippen LogP contribution in [0, 0.1) is 0 Å². The second-order valence-corrected chi connectivity index (χ2v) is 2.99. The van der Waals surface area contributed by atoms with Crippen molar-refractivity contribution >= 4 is 28.0 Å². The van der Waals surface area contributed by atoms with Crippen LogP contribution >= 0.6 is 0 Å². The van der Waals surface area contributed by atoms with Crippen molar-refractivity contribution in [1.82, 2.24) is 0 Å². The van der Waals surface area contributed by atoms with Crippen LogP contribution in [-0.2, 0) is 0 Å². The van der Waals surface area contributed by atoms with E-state index >= 15 is 0 Å². The zero-order chi connectivity index (χ0) is 14.0. The Labute approximate surface area is 108 Å². The van der Waals surface area contributed by atoms with E-state index in [2.05, 4.69) is 17.4 Å². The number of benzene rings is 2. The molecule has 2 aromatic rings. The summed E-state index contributed by atoms with van der Waals surface area (Å²) in [5, 5.41) is 9.15. The lowest BCUT2D eigenvalue weighted by Crippen LogP contribution is -1.85. The Kier molecular flexibility index (Phi) is 7.95. The summed E-state index contributed by atoms with van der Waals surface area (Å²) in [5.74, 6) is 2.51. The van der Waals surface area contributed by atoms with Gasteiger partial charge in [-0.05, 0) is 23.9 Å². The van der Waals surface area contributed by atoms with Gasteiger partial charge in [-0.25, -0.2) is 4.99 Å². The van der Waals surface area contributed by atoms with E-state index in [0.717, 1.165) is 23.6 Å². The summed E-state index contributed by atoms with van der Waals surface area (Å²) in [5.41, 5.74) is 7.21. The second-order valence-electron chi connectivity index (χ2n) is 2.99. The molecule has 0 amide bonds. The molecular weight excluding hydrogens is 224 g/mol. The molecule has 0 unspecified atom stereocenters. The molecule has 0 bridgehead atoms. The molecule has 0 radical (unpaired) electrons. The van der Waals surface area contributed by atoms with E-state index in [1.165, 1.54) is 0 Å². The number of rotatable bonds is 1. The topological polar surface area (TPSA) is 58.6 Å². The number of nitrogens with two attached hydrogens (primary N) is 1. The molecule has 0 saturated carbocycles. The minimum Gasteiger partial charge on any atom is -0.400 e. The van der Waals surface area contributed by atoms with Crippen LogP contribution in [0.1, 0.15) is 13.8 Å². The number of aliphatic imine (C=N–C) groups is 1. The summed E-state index contributed by atoms with van der Waals surface area (Å²) in [7, 11) is 1.00. The van der Waals surface area contributed by atoms with Crippen molar-refractivity contribution in [1.29, 1.82) is 0 Å². The van der Waals surface area contributed by atoms with Crippen molar-refractivity contribution in [2.24, 2.45) is 4.99 Å². The minimum absolute atomic E-state index is 0.653. The molecule has 0 aliphatic heterocycles. The van der Waals surface area contributed by atoms with E-state index in [1.54, 1.807) is 0 Å². The van der Waals surface area contributed by atoms with Crippen LogP contribution < -0.4 is 5.73 Å². The monoisotopic (exact) mass is 244 g/mol. The van der Waals surface area contributed by atoms with Crippen LogP contribution in [0.15, 0.2) is 48.0 Å². The van der Waals surface area contributed by atoms with E-state index in [4.69, 9.17) is 10.8 Å². The van der Waals surface area contributed by atoms with E-state index in [0.29, 0.717) is 5.69 Å². The van der Waals surface area contributed by atoms with Crippen LogP contribution in [-0.4, -0.2) is 18.1 Å². The quantitative estimate of drug-likeness (QED) is 0.595. The maximum absolute atomic E-state index is 7.00. The first-order valence-corrected chi connectivity index (χ1v) is 5.77. The van der Waals surface area contributed by atoms with Gasteiger partial charge in [0, 0.05) is 12.5 Å². The molecule has 0 atom stereocenters. The van der Waals surface area contributed by atoms with Gasteiger partial charge in [0.05, 0.1) is 5.69 Å². The highest BCUT2D eigenvalue weighted by atomic mass is 16.2. The van der Waals surface area contributed by atoms with Gasteiger partial charge in [0.25, 0.3) is 0 Å². The zero-order valence-corrected chi connectivity index (χ0v) is 11.1. The zero-order valence-electron chi connectivity index (χ0n) is 11.1. The lowest BCUT2D eigenvalue weighted by Gasteiger charge is -2.03. The highest BCUT2D eigenvalue weighted by Crippen LogP contribution is 2.31. The van der Waals surface area contributed by atoms with Gasteiger partial charge >= 0.3 is 0 Å². The standard InChI is InChI=1S/C12H10N2.C2H6.CH4O/c1-2-14-12-10-6-4-3-5-9(10)7-8-11(12)13;2*1-2/h3-8H,1,13H2;1-2H3;2H,1H3. The Morgan fingerprint density at radius 2 is 1.72 bits per heavy atom. The molecule has 3 N–H and O–H groups in total. The summed E-state index contributed by atoms with van der Waals surface area (Å²) in [4.78, 5) is 4.05. The molecule has 96 valence electrons. The van der Waals surface area contributed by atoms with Crippen LogP contribution in [0.5, 0.6) is 0 Å². The molecule has 0 spiro atoms. The number of anilines is 1. The number of aliphatic hydroxyl groups excluding tert-OH is 1. The largest absolute Gasteiger partial charge is 0.400 e. The number of aliphatic hydroxyl groups is 1. The van der Waals surface area contributed by atoms with Crippen LogP contribution in [0.25, 0.3) is 10.8 Å². The molecule has 18 heavy (non-hydrogen) atoms. The maximum Gasteiger partial charge on any atom is 0.104 e. The van der Waals surface area contributed by atoms with Crippen LogP contribution in [0.2, 0.25) is 0 Å². The smallest absolute Gasteiger partial charge is 0.104 e. The average Bonchev–Trinajstić information content (AvgIpc) is 2.46. The molecule has 0 fully saturated rings. The molecule has 0 aliphatic rings. The Balaban J connectivity index is 0.000000659. The van der Waals surface area contributed by atoms with Crippen LogP contribution in [0.4, 0.5) is 11.4 Å². The van der Waals surface area contributed by atoms with E-state index in [1.807, 2.05) is 50.2 Å². The summed E-state index contributed by atoms with van der Waals surface area (Å²) in [6, 6.07) is 11.8. The minimum atomic E-state index is 0.653. The van der Waals surface area contributed by atoms with Crippen molar-refractivity contribution in [2.75, 3.05) is 12.8 Å². The number of nitrogens with zero attached hydrogens (tertiary/aromatic N) is 1. The lowest BCUT2D eigenvalue weighted by molar-refractivity contribution is 0.399. The van der Waals surface area contributed by atoms with Crippen molar-refractivity contribution in [3.05, 3.63) is 43.0 Å². The van der Waals surface area contributed by atoms with E-state index in [9.17, 15) is 0 Å². The number of nitrogen functional groups attached to an aromatic ring is 1. The van der Waals surface area contributed by atoms with Crippen molar-refractivity contribution < 1.29 is 5.11 Å². The molecule has 3 nitrogen and oxygen atoms in total. The first-order valence-electron chi connectivity index (χ1n) is 5.77. The predicted molar refractivity (Wildman–Crippen MR) is 80.6 cm³/mol. The van der Waals surface area contributed by atoms with Crippen LogP contribution in [0.3, 0.4) is 0 Å². The Morgan fingerprint density at radius 1 is 1.11 bits per heavy atom. The molecule has 0 aliphatic carbocycles. The van der Waals surface area contributed by atoms with Gasteiger partial charge in [0.15, 0.2) is 0 Å². The normalized spacial score (nSPS) is 8.22. The molecule has 2 rings (SSSR count). The third-order valence-corrected chi connectivity index (χ3v) is 2.12. The van der Waals surface area contributed by atoms with Gasteiger partial charge in [-0.15, -0.1) is 0 Å². The molecule has 0 saturated heterocycles. The molecule has 0 heterocycles. The van der Waals surface area contributed by atoms with Gasteiger partial charge < -0.3 is 10.8 Å². The molecular formula is C15H20N2O. The highest BCUT2D eigenvalue weighted by Gasteiger charge is 2.02. The Hall–Kier alpha value is -2.09. The summed E-state index contributed by atoms with van der Waals surface area (Å²) >= 11 is 0. The lowest BCUT2D eigenvalue weighted by atomic mass is 10.1. The third-order valence-electron chi connectivity index (χ3n) is 2.12. The third kappa shape index (κ3) is 3.74. The first-order chi connectivity index (χ1) is 8.83. The fourth-order valence-corrected chi connectivity index (χ4v) is 1.48. The molecule has 2 aromatic carbocycles. The van der Waals surface area contributed by atoms with Gasteiger partial charge in [0.2, 0.25) is 0 Å². The van der Waals surface area contributed by atoms with E-state index < -0.39 is 0 Å². The summed E-state index contributed by atoms with van der Waals surface area (Å²) < 4.78 is 0. The maximum atomic E-state index is 7.00. The summed E-state index contributed by atoms with van der Waals surface area (Å²) in [6.45, 7) is 7.46. The van der Waals surface area contributed by atoms with Crippen molar-refractivity contribution in [3.63, 3.8) is 0 Å². The van der Waals surface area contributed by atoms with Crippen molar-refractivity contribution in [3.8, 4) is 0 Å². The number of hydrogen-bond donors (Lipinski definition) is 2. The summed E-state index contributed by atoms with van der Waals surface area (Å²) in [6.07, 6.45) is 0. The predicted octanol–water partition coefficient (Wildman–Crippen LogP) is 3.54. The molecule has 3 heteroatoms. The van der Waals surface area contributed by atoms with Gasteiger partial charge in [-0.3, -0.25) is 0 Å². The highest BCUT2D eigenvalue weighted by molar-refractivity contribution is 5.98. The molecule has 0 aromatic heterocycles. The Bertz CT molecular complexity index is 529. The fourth-order valence-electron chi connectivity index (χ4n) is 1.48. The first kappa shape index (κ1) is 15.9. The average molecular weight is 244 g/mol. The van der Waals surface area contributed by atoms with Crippen molar-refractivity contribution in [2.45, 2.75) is 13.8 Å². The number of hydrogen-bond acceptors (Lipinski definition) is 3. The Morgan fingerprint density at radius 3 is 2.33 bits per heavy atom. The van der Waals surface area contributed by atoms with E-state index in [-0.39, 0.29) is 0 Å². The fraction of sp³-hybridized carbons (Fsp3) is 0.200. The SMILES string of the molecule is C=C=Nc1c(N)ccc2ccccc12.CC.CO. The number of fused-ring (bicyclic) bond motifs is 1.